The standard InChI is InChI=1S/C13H18N2O3S/c1-8-7-9(3-4-10(8)14)12(16)15-11(13(17)18)5-6-19-2/h3-4,7,11H,5-6,14H2,1-2H3,(H,15,16)(H,17,18). The van der Waals surface area contributed by atoms with Gasteiger partial charge < -0.3 is 16.2 Å². The second-order valence-electron chi connectivity index (χ2n) is 4.22. The minimum Gasteiger partial charge on any atom is -0.480 e. The summed E-state index contributed by atoms with van der Waals surface area (Å²) in [7, 11) is 0. The molecule has 104 valence electrons. The summed E-state index contributed by atoms with van der Waals surface area (Å²) in [5.41, 5.74) is 7.49. The Morgan fingerprint density at radius 3 is 2.68 bits per heavy atom. The number of aryl methyl sites for hydroxylation is 1. The van der Waals surface area contributed by atoms with Gasteiger partial charge in [-0.3, -0.25) is 4.79 Å². The molecule has 1 atom stereocenters. The Bertz CT molecular complexity index is 477. The van der Waals surface area contributed by atoms with Crippen molar-refractivity contribution in [3.05, 3.63) is 29.3 Å². The first-order chi connectivity index (χ1) is 8.95. The fourth-order valence-electron chi connectivity index (χ4n) is 1.55. The molecule has 0 saturated heterocycles. The van der Waals surface area contributed by atoms with Crippen molar-refractivity contribution in [1.29, 1.82) is 0 Å². The second kappa shape index (κ2) is 7.04. The van der Waals surface area contributed by atoms with E-state index >= 15 is 0 Å². The number of rotatable bonds is 6. The van der Waals surface area contributed by atoms with Crippen LogP contribution in [0.3, 0.4) is 0 Å². The Balaban J connectivity index is 2.75. The number of nitrogens with one attached hydrogen (secondary N) is 1. The van der Waals surface area contributed by atoms with Gasteiger partial charge in [0.1, 0.15) is 6.04 Å². The highest BCUT2D eigenvalue weighted by atomic mass is 32.2. The van der Waals surface area contributed by atoms with Gasteiger partial charge in [0, 0.05) is 11.3 Å². The van der Waals surface area contributed by atoms with Crippen LogP contribution in [-0.4, -0.2) is 35.0 Å². The first-order valence-electron chi connectivity index (χ1n) is 5.84. The molecule has 0 aliphatic carbocycles. The van der Waals surface area contributed by atoms with Gasteiger partial charge in [0.2, 0.25) is 0 Å². The molecule has 1 aromatic rings. The number of hydrogen-bond donors (Lipinski definition) is 3. The summed E-state index contributed by atoms with van der Waals surface area (Å²) in [6.45, 7) is 1.80. The van der Waals surface area contributed by atoms with Gasteiger partial charge in [0.05, 0.1) is 0 Å². The molecule has 0 saturated carbocycles. The summed E-state index contributed by atoms with van der Waals surface area (Å²) in [5, 5.41) is 11.6. The molecule has 4 N–H and O–H groups in total. The molecule has 0 aromatic heterocycles. The smallest absolute Gasteiger partial charge is 0.326 e. The highest BCUT2D eigenvalue weighted by Crippen LogP contribution is 2.13. The van der Waals surface area contributed by atoms with Gasteiger partial charge in [-0.05, 0) is 49.1 Å². The number of carboxylic acids is 1. The van der Waals surface area contributed by atoms with Gasteiger partial charge in [-0.15, -0.1) is 0 Å². The van der Waals surface area contributed by atoms with Crippen molar-refractivity contribution in [1.82, 2.24) is 5.32 Å². The molecule has 0 bridgehead atoms. The number of carbonyl (C=O) groups excluding carboxylic acids is 1. The lowest BCUT2D eigenvalue weighted by atomic mass is 10.1. The fraction of sp³-hybridized carbons (Fsp3) is 0.385. The Labute approximate surface area is 116 Å². The fourth-order valence-corrected chi connectivity index (χ4v) is 2.02. The lowest BCUT2D eigenvalue weighted by Crippen LogP contribution is -2.41. The molecule has 1 aromatic carbocycles. The van der Waals surface area contributed by atoms with Crippen molar-refractivity contribution in [3.63, 3.8) is 0 Å². The second-order valence-corrected chi connectivity index (χ2v) is 5.20. The minimum absolute atomic E-state index is 0.392. The number of nitrogens with two attached hydrogens (primary N) is 1. The van der Waals surface area contributed by atoms with Gasteiger partial charge in [-0.1, -0.05) is 0 Å². The molecule has 5 nitrogen and oxygen atoms in total. The summed E-state index contributed by atoms with van der Waals surface area (Å²) < 4.78 is 0. The monoisotopic (exact) mass is 282 g/mol. The molecule has 19 heavy (non-hydrogen) atoms. The number of amides is 1. The molecular formula is C13H18N2O3S. The lowest BCUT2D eigenvalue weighted by Gasteiger charge is -2.14. The van der Waals surface area contributed by atoms with Crippen molar-refractivity contribution in [2.45, 2.75) is 19.4 Å². The molecule has 0 aliphatic heterocycles. The van der Waals surface area contributed by atoms with Gasteiger partial charge in [-0.2, -0.15) is 11.8 Å². The van der Waals surface area contributed by atoms with Crippen LogP contribution < -0.4 is 11.1 Å². The molecule has 6 heteroatoms. The van der Waals surface area contributed by atoms with Crippen molar-refractivity contribution >= 4 is 29.3 Å². The number of nitrogen functional groups attached to an aromatic ring is 1. The predicted molar refractivity (Wildman–Crippen MR) is 77.5 cm³/mol. The third-order valence-electron chi connectivity index (χ3n) is 2.75. The molecule has 0 fully saturated rings. The van der Waals surface area contributed by atoms with Crippen LogP contribution in [0.15, 0.2) is 18.2 Å². The summed E-state index contributed by atoms with van der Waals surface area (Å²) in [5.74, 6) is -0.732. The number of thioether (sulfide) groups is 1. The van der Waals surface area contributed by atoms with Crippen LogP contribution in [0, 0.1) is 6.92 Å². The van der Waals surface area contributed by atoms with E-state index in [0.29, 0.717) is 23.4 Å². The van der Waals surface area contributed by atoms with E-state index in [-0.39, 0.29) is 0 Å². The van der Waals surface area contributed by atoms with Crippen LogP contribution in [0.25, 0.3) is 0 Å². The molecule has 0 spiro atoms. The number of aliphatic carboxylic acids is 1. The quantitative estimate of drug-likeness (QED) is 0.688. The maximum atomic E-state index is 12.0. The Morgan fingerprint density at radius 1 is 1.47 bits per heavy atom. The van der Waals surface area contributed by atoms with Crippen molar-refractivity contribution in [3.8, 4) is 0 Å². The number of anilines is 1. The topological polar surface area (TPSA) is 92.4 Å². The van der Waals surface area contributed by atoms with Crippen molar-refractivity contribution < 1.29 is 14.7 Å². The van der Waals surface area contributed by atoms with E-state index < -0.39 is 17.9 Å². The van der Waals surface area contributed by atoms with Crippen LogP contribution in [0.2, 0.25) is 0 Å². The zero-order chi connectivity index (χ0) is 14.4. The van der Waals surface area contributed by atoms with Crippen LogP contribution in [0.5, 0.6) is 0 Å². The molecule has 0 heterocycles. The van der Waals surface area contributed by atoms with Crippen LogP contribution in [-0.2, 0) is 4.79 Å². The Morgan fingerprint density at radius 2 is 2.16 bits per heavy atom. The number of hydrogen-bond acceptors (Lipinski definition) is 4. The van der Waals surface area contributed by atoms with Gasteiger partial charge in [0.25, 0.3) is 5.91 Å². The van der Waals surface area contributed by atoms with E-state index in [4.69, 9.17) is 10.8 Å². The highest BCUT2D eigenvalue weighted by Gasteiger charge is 2.20. The molecule has 1 unspecified atom stereocenters. The Hall–Kier alpha value is -1.69. The van der Waals surface area contributed by atoms with Crippen LogP contribution in [0.4, 0.5) is 5.69 Å². The van der Waals surface area contributed by atoms with E-state index in [1.54, 1.807) is 36.9 Å². The number of carbonyl (C=O) groups is 2. The van der Waals surface area contributed by atoms with Crippen molar-refractivity contribution in [2.24, 2.45) is 0 Å². The molecule has 1 rings (SSSR count). The van der Waals surface area contributed by atoms with Crippen molar-refractivity contribution in [2.75, 3.05) is 17.7 Å². The summed E-state index contributed by atoms with van der Waals surface area (Å²) in [6, 6.07) is 4.02. The average molecular weight is 282 g/mol. The van der Waals surface area contributed by atoms with E-state index in [0.717, 1.165) is 5.56 Å². The summed E-state index contributed by atoms with van der Waals surface area (Å²) in [6.07, 6.45) is 2.29. The van der Waals surface area contributed by atoms with Gasteiger partial charge >= 0.3 is 5.97 Å². The molecular weight excluding hydrogens is 264 g/mol. The van der Waals surface area contributed by atoms with E-state index in [1.807, 2.05) is 6.26 Å². The normalized spacial score (nSPS) is 11.9. The maximum Gasteiger partial charge on any atom is 0.326 e. The first kappa shape index (κ1) is 15.4. The average Bonchev–Trinajstić information content (AvgIpc) is 2.37. The Kier molecular flexibility index (Phi) is 5.69. The highest BCUT2D eigenvalue weighted by molar-refractivity contribution is 7.98. The summed E-state index contributed by atoms with van der Waals surface area (Å²) >= 11 is 1.54. The lowest BCUT2D eigenvalue weighted by molar-refractivity contribution is -0.139. The third-order valence-corrected chi connectivity index (χ3v) is 3.39. The zero-order valence-corrected chi connectivity index (χ0v) is 11.8. The number of carboxylic acid groups (broad SMARTS) is 1. The predicted octanol–water partition coefficient (Wildman–Crippen LogP) is 1.51. The van der Waals surface area contributed by atoms with E-state index in [1.165, 1.54) is 0 Å². The van der Waals surface area contributed by atoms with Crippen LogP contribution in [0.1, 0.15) is 22.3 Å². The molecule has 0 radical (unpaired) electrons. The SMILES string of the molecule is CSCCC(NC(=O)c1ccc(N)c(C)c1)C(=O)O. The number of benzene rings is 1. The van der Waals surface area contributed by atoms with Gasteiger partial charge in [-0.25, -0.2) is 4.79 Å². The zero-order valence-electron chi connectivity index (χ0n) is 11.0. The third kappa shape index (κ3) is 4.48. The van der Waals surface area contributed by atoms with E-state index in [9.17, 15) is 9.59 Å². The molecule has 1 amide bonds. The maximum absolute atomic E-state index is 12.0. The summed E-state index contributed by atoms with van der Waals surface area (Å²) in [4.78, 5) is 23.0. The minimum atomic E-state index is -1.02. The molecule has 0 aliphatic rings. The van der Waals surface area contributed by atoms with Crippen LogP contribution >= 0.6 is 11.8 Å². The largest absolute Gasteiger partial charge is 0.480 e. The van der Waals surface area contributed by atoms with Gasteiger partial charge in [0.15, 0.2) is 0 Å². The van der Waals surface area contributed by atoms with E-state index in [2.05, 4.69) is 5.32 Å². The first-order valence-corrected chi connectivity index (χ1v) is 7.23.